The number of likely N-dealkylation sites (tertiary alicyclic amines) is 2. The quantitative estimate of drug-likeness (QED) is 0.0521. The first-order valence-corrected chi connectivity index (χ1v) is 30.3. The molecule has 420 valence electrons. The van der Waals surface area contributed by atoms with E-state index in [1.165, 1.54) is 43.8 Å². The van der Waals surface area contributed by atoms with Gasteiger partial charge in [-0.3, -0.25) is 9.59 Å². The molecule has 4 aliphatic carbocycles. The van der Waals surface area contributed by atoms with Gasteiger partial charge in [-0.25, -0.2) is 0 Å². The van der Waals surface area contributed by atoms with Gasteiger partial charge in [0.2, 0.25) is 5.79 Å². The third kappa shape index (κ3) is 9.29. The summed E-state index contributed by atoms with van der Waals surface area (Å²) in [6.07, 6.45) is -0.914. The lowest BCUT2D eigenvalue weighted by atomic mass is 9.53. The van der Waals surface area contributed by atoms with Crippen LogP contribution in [0.4, 0.5) is 0 Å². The number of hydrogen-bond acceptors (Lipinski definition) is 18. The van der Waals surface area contributed by atoms with Gasteiger partial charge in [-0.1, -0.05) is 84.0 Å². The smallest absolute Gasteiger partial charge is 0.255 e. The largest absolute Gasteiger partial charge is 0.487 e. The summed E-state index contributed by atoms with van der Waals surface area (Å²) in [5.74, 6) is 0.0720. The molecule has 2 aromatic rings. The Balaban J connectivity index is 0.613. The average molecular weight is 1110 g/mol. The molecule has 77 heavy (non-hydrogen) atoms. The SMILES string of the molecule is CC(C)Cc1ccc2c(c1)[C@]13CCN(C)[C@H](C2)C1C=C[C@H](OC1OC(C(=O)NCCSSCCNC(=O)C2OC(O[C@H]4C=CC5[C@H]6Cc7ccc(OC(C)C)c8c7[C@@]5(CCN6C)[C@H]4O8)[C@@H](O)[C@H](O)[C@@H]2O)[C@@]2(O)OC2[C@@H]1O)C3. The zero-order valence-corrected chi connectivity index (χ0v) is 46.3. The number of epoxide rings is 1. The molecule has 2 aromatic carbocycles. The molecule has 7 N–H and O–H groups in total. The first-order chi connectivity index (χ1) is 36.9. The van der Waals surface area contributed by atoms with Crippen molar-refractivity contribution in [2.75, 3.05) is 51.8 Å². The first kappa shape index (κ1) is 54.3. The molecule has 2 amide bonds. The molecule has 0 aromatic heterocycles. The highest BCUT2D eigenvalue weighted by Gasteiger charge is 2.72. The molecular formula is C57H76N4O14S2. The minimum Gasteiger partial charge on any atom is -0.487 e. The zero-order chi connectivity index (χ0) is 53.9. The van der Waals surface area contributed by atoms with Gasteiger partial charge < -0.3 is 79.1 Å². The van der Waals surface area contributed by atoms with Crippen molar-refractivity contribution in [2.45, 2.75) is 175 Å². The van der Waals surface area contributed by atoms with E-state index in [0.717, 1.165) is 50.8 Å². The first-order valence-electron chi connectivity index (χ1n) is 27.8. The molecular weight excluding hydrogens is 1030 g/mol. The van der Waals surface area contributed by atoms with Crippen molar-refractivity contribution in [1.29, 1.82) is 0 Å². The second-order valence-corrected chi connectivity index (χ2v) is 26.7. The molecule has 10 aliphatic rings. The van der Waals surface area contributed by atoms with Gasteiger partial charge in [-0.15, -0.1) is 0 Å². The number of benzene rings is 2. The molecule has 5 fully saturated rings. The number of aliphatic hydroxyl groups is 5. The average Bonchev–Trinajstić information content (AvgIpc) is 4.07. The summed E-state index contributed by atoms with van der Waals surface area (Å²) in [5, 5.41) is 61.3. The van der Waals surface area contributed by atoms with Gasteiger partial charge in [0.15, 0.2) is 36.3 Å². The molecule has 6 heterocycles. The van der Waals surface area contributed by atoms with Crippen LogP contribution in [0.2, 0.25) is 0 Å². The fraction of sp³-hybridized carbons (Fsp3) is 0.684. The summed E-state index contributed by atoms with van der Waals surface area (Å²) in [6.45, 7) is 10.7. The summed E-state index contributed by atoms with van der Waals surface area (Å²) < 4.78 is 43.8. The van der Waals surface area contributed by atoms with E-state index in [-0.39, 0.29) is 36.6 Å². The predicted octanol–water partition coefficient (Wildman–Crippen LogP) is 2.26. The lowest BCUT2D eigenvalue weighted by Crippen LogP contribution is -2.66. The Labute approximate surface area is 458 Å². The van der Waals surface area contributed by atoms with Gasteiger partial charge in [0.05, 0.1) is 12.2 Å². The van der Waals surface area contributed by atoms with Gasteiger partial charge in [0, 0.05) is 64.9 Å². The van der Waals surface area contributed by atoms with E-state index >= 15 is 0 Å². The van der Waals surface area contributed by atoms with Crippen LogP contribution in [0.1, 0.15) is 74.8 Å². The molecule has 7 unspecified atom stereocenters. The van der Waals surface area contributed by atoms with Crippen LogP contribution in [0.15, 0.2) is 54.6 Å². The van der Waals surface area contributed by atoms with Crippen molar-refractivity contribution in [3.05, 3.63) is 82.5 Å². The molecule has 1 spiro atoms. The van der Waals surface area contributed by atoms with E-state index < -0.39 is 96.6 Å². The molecule has 18 nitrogen and oxygen atoms in total. The molecule has 5 saturated heterocycles. The Morgan fingerprint density at radius 1 is 0.779 bits per heavy atom. The van der Waals surface area contributed by atoms with Gasteiger partial charge in [0.1, 0.15) is 42.7 Å². The number of fused-ring (bicyclic) bond motifs is 2. The van der Waals surface area contributed by atoms with E-state index in [4.69, 9.17) is 33.2 Å². The zero-order valence-electron chi connectivity index (χ0n) is 44.7. The highest BCUT2D eigenvalue weighted by atomic mass is 33.1. The minimum atomic E-state index is -1.97. The van der Waals surface area contributed by atoms with Crippen LogP contribution in [-0.2, 0) is 63.4 Å². The summed E-state index contributed by atoms with van der Waals surface area (Å²) in [7, 11) is 7.27. The topological polar surface area (TPSA) is 234 Å². The lowest BCUT2D eigenvalue weighted by Gasteiger charge is -2.58. The number of ether oxygens (including phenoxy) is 7. The number of hydrogen-bond donors (Lipinski definition) is 7. The minimum absolute atomic E-state index is 0.0729. The number of nitrogens with one attached hydrogen (secondary N) is 2. The normalized spacial score (nSPS) is 41.0. The van der Waals surface area contributed by atoms with Gasteiger partial charge >= 0.3 is 0 Å². The number of rotatable bonds is 17. The van der Waals surface area contributed by atoms with Crippen molar-refractivity contribution < 1.29 is 68.3 Å². The van der Waals surface area contributed by atoms with E-state index in [2.05, 4.69) is 90.9 Å². The van der Waals surface area contributed by atoms with Gasteiger partial charge in [-0.05, 0) is 114 Å². The number of carbonyl (C=O) groups excluding carboxylic acids is 2. The molecule has 4 bridgehead atoms. The maximum Gasteiger partial charge on any atom is 0.255 e. The Morgan fingerprint density at radius 3 is 2.22 bits per heavy atom. The number of nitrogens with zero attached hydrogens (tertiary/aromatic N) is 2. The lowest BCUT2D eigenvalue weighted by molar-refractivity contribution is -0.304. The number of piperidine rings is 2. The maximum absolute atomic E-state index is 13.6. The van der Waals surface area contributed by atoms with Crippen molar-refractivity contribution in [3.8, 4) is 11.5 Å². The monoisotopic (exact) mass is 1100 g/mol. The number of amides is 2. The molecule has 12 rings (SSSR count). The van der Waals surface area contributed by atoms with E-state index in [1.807, 2.05) is 26.0 Å². The van der Waals surface area contributed by atoms with Crippen LogP contribution in [-0.4, -0.2) is 197 Å². The van der Waals surface area contributed by atoms with Crippen molar-refractivity contribution in [1.82, 2.24) is 20.4 Å². The number of likely N-dealkylation sites (N-methyl/N-ethyl adjacent to an activating group) is 2. The highest BCUT2D eigenvalue weighted by Crippen LogP contribution is 2.63. The van der Waals surface area contributed by atoms with Crippen LogP contribution < -0.4 is 20.1 Å². The second kappa shape index (κ2) is 20.9. The predicted molar refractivity (Wildman–Crippen MR) is 286 cm³/mol. The number of aliphatic hydroxyl groups excluding tert-OH is 4. The summed E-state index contributed by atoms with van der Waals surface area (Å²) in [6, 6.07) is 11.8. The Hall–Kier alpha value is -3.32. The molecule has 0 radical (unpaired) electrons. The summed E-state index contributed by atoms with van der Waals surface area (Å²) in [5.41, 5.74) is 5.91. The van der Waals surface area contributed by atoms with Crippen LogP contribution in [0.25, 0.3) is 0 Å². The summed E-state index contributed by atoms with van der Waals surface area (Å²) in [4.78, 5) is 32.0. The third-order valence-corrected chi connectivity index (χ3v) is 20.9. The van der Waals surface area contributed by atoms with Crippen LogP contribution in [0.3, 0.4) is 0 Å². The van der Waals surface area contributed by atoms with Crippen LogP contribution >= 0.6 is 21.6 Å². The fourth-order valence-corrected chi connectivity index (χ4v) is 16.7. The van der Waals surface area contributed by atoms with Gasteiger partial charge in [-0.2, -0.15) is 0 Å². The fourth-order valence-electron chi connectivity index (χ4n) is 14.9. The molecule has 20 heteroatoms. The molecule has 19 atom stereocenters. The highest BCUT2D eigenvalue weighted by molar-refractivity contribution is 8.76. The second-order valence-electron chi connectivity index (χ2n) is 24.0. The standard InChI is InChI=1S/C57H76N4O14S2/c1-28(2)23-30-7-8-31-25-37-34-11-10-33(27-55(34,36(31)24-30)15-19-60(37)5)70-54-45(65)49-57(68,75-49)50(74-54)52(67)59-18-22-77-76-21-17-58-51(66)47-43(63)42(62)44(64)53(73-47)71-40-14-12-35-38-26-32-9-13-39(69-29(3)4)46-41(32)56(35,48(40)72-46)16-20-61(38)6/h7-14,24,28-29,33-35,37-38,40,42-45,47-50,53-54,62-65,68H,15-23,25-27H2,1-6H3,(H,58,66)(H,59,67)/t33-,34?,35?,37+,38+,40-,42+,43-,44-,45-,47?,48-,49?,50?,53?,54?,55-,56-,57-/m0/s1. The van der Waals surface area contributed by atoms with Crippen molar-refractivity contribution >= 4 is 33.4 Å². The maximum atomic E-state index is 13.6. The Bertz CT molecular complexity index is 2650. The van der Waals surface area contributed by atoms with Crippen LogP contribution in [0.5, 0.6) is 11.5 Å². The third-order valence-electron chi connectivity index (χ3n) is 18.5. The van der Waals surface area contributed by atoms with E-state index in [1.54, 1.807) is 0 Å². The molecule has 6 aliphatic heterocycles. The van der Waals surface area contributed by atoms with E-state index in [9.17, 15) is 35.1 Å². The molecule has 0 saturated carbocycles. The van der Waals surface area contributed by atoms with Gasteiger partial charge in [0.25, 0.3) is 11.8 Å². The number of carbonyl (C=O) groups is 2. The van der Waals surface area contributed by atoms with Crippen molar-refractivity contribution in [3.63, 3.8) is 0 Å². The summed E-state index contributed by atoms with van der Waals surface area (Å²) >= 11 is 0. The van der Waals surface area contributed by atoms with Crippen LogP contribution in [0, 0.1) is 17.8 Å². The van der Waals surface area contributed by atoms with Crippen molar-refractivity contribution in [2.24, 2.45) is 17.8 Å². The van der Waals surface area contributed by atoms with E-state index in [0.29, 0.717) is 47.3 Å². The Kier molecular flexibility index (Phi) is 14.7. The Morgan fingerprint density at radius 2 is 1.47 bits per heavy atom.